The highest BCUT2D eigenvalue weighted by Crippen LogP contribution is 2.36. The van der Waals surface area contributed by atoms with Gasteiger partial charge in [-0.3, -0.25) is 14.8 Å². The Morgan fingerprint density at radius 1 is 1.22 bits per heavy atom. The number of nitrogens with one attached hydrogen (secondary N) is 1. The summed E-state index contributed by atoms with van der Waals surface area (Å²) in [6.07, 6.45) is 3.31. The normalized spacial score (nSPS) is 12.1. The Bertz CT molecular complexity index is 1250. The summed E-state index contributed by atoms with van der Waals surface area (Å²) in [5, 5.41) is 4.49. The van der Waals surface area contributed by atoms with Crippen LogP contribution >= 0.6 is 11.3 Å². The van der Waals surface area contributed by atoms with Gasteiger partial charge < -0.3 is 20.7 Å². The van der Waals surface area contributed by atoms with Crippen molar-refractivity contribution in [2.75, 3.05) is 31.5 Å². The summed E-state index contributed by atoms with van der Waals surface area (Å²) in [5.74, 6) is 6.70. The molecule has 0 saturated carbocycles. The third-order valence-corrected chi connectivity index (χ3v) is 6.54. The van der Waals surface area contributed by atoms with Crippen molar-refractivity contribution in [1.29, 1.82) is 0 Å². The predicted molar refractivity (Wildman–Crippen MR) is 149 cm³/mol. The van der Waals surface area contributed by atoms with Gasteiger partial charge in [-0.2, -0.15) is 0 Å². The van der Waals surface area contributed by atoms with E-state index >= 15 is 0 Å². The van der Waals surface area contributed by atoms with Crippen LogP contribution in [-0.4, -0.2) is 37.0 Å². The number of ether oxygens (including phenoxy) is 1. The number of amides is 1. The highest BCUT2D eigenvalue weighted by molar-refractivity contribution is 7.10. The molecule has 0 bridgehead atoms. The van der Waals surface area contributed by atoms with Crippen molar-refractivity contribution in [1.82, 2.24) is 9.88 Å². The standard InChI is InChI=1S/C27H36N6O2S/c1-17-8-9-18(11-23(17)33(29)15-21(28)24-13-30-16-36-24)26(34)31-22-12-20(27(2,3)4)10-19(14-32(5)6)25(22)35-7/h8-13,15-16H,14,28-29H2,1-7H3,(H,31,34)/b21-15-. The Morgan fingerprint density at radius 3 is 2.53 bits per heavy atom. The van der Waals surface area contributed by atoms with E-state index in [9.17, 15) is 4.79 Å². The molecule has 9 heteroatoms. The number of methoxy groups -OCH3 is 1. The van der Waals surface area contributed by atoms with E-state index in [1.807, 2.05) is 33.2 Å². The summed E-state index contributed by atoms with van der Waals surface area (Å²) in [4.78, 5) is 20.3. The fourth-order valence-corrected chi connectivity index (χ4v) is 4.32. The van der Waals surface area contributed by atoms with E-state index in [4.69, 9.17) is 16.3 Å². The molecule has 0 aliphatic carbocycles. The van der Waals surface area contributed by atoms with Crippen molar-refractivity contribution >= 4 is 34.3 Å². The van der Waals surface area contributed by atoms with Crippen LogP contribution in [-0.2, 0) is 12.0 Å². The molecule has 3 rings (SSSR count). The number of benzene rings is 2. The van der Waals surface area contributed by atoms with Crippen LogP contribution in [0.25, 0.3) is 5.70 Å². The quantitative estimate of drug-likeness (QED) is 0.299. The zero-order valence-corrected chi connectivity index (χ0v) is 22.9. The number of aromatic nitrogens is 1. The molecule has 5 N–H and O–H groups in total. The van der Waals surface area contributed by atoms with E-state index in [-0.39, 0.29) is 11.3 Å². The van der Waals surface area contributed by atoms with E-state index in [2.05, 4.69) is 42.0 Å². The van der Waals surface area contributed by atoms with Crippen molar-refractivity contribution in [2.45, 2.75) is 39.7 Å². The number of anilines is 2. The van der Waals surface area contributed by atoms with Gasteiger partial charge in [-0.15, -0.1) is 11.3 Å². The zero-order valence-electron chi connectivity index (χ0n) is 22.0. The Balaban J connectivity index is 1.96. The topological polar surface area (TPSA) is 110 Å². The predicted octanol–water partition coefficient (Wildman–Crippen LogP) is 4.71. The molecule has 0 atom stereocenters. The van der Waals surface area contributed by atoms with Crippen LogP contribution in [0.1, 0.15) is 52.7 Å². The molecule has 1 aromatic heterocycles. The molecular weight excluding hydrogens is 472 g/mol. The highest BCUT2D eigenvalue weighted by atomic mass is 32.1. The van der Waals surface area contributed by atoms with Gasteiger partial charge in [0.1, 0.15) is 5.75 Å². The molecule has 0 saturated heterocycles. The van der Waals surface area contributed by atoms with Crippen LogP contribution in [0.2, 0.25) is 0 Å². The largest absolute Gasteiger partial charge is 0.494 e. The van der Waals surface area contributed by atoms with Crippen LogP contribution in [0, 0.1) is 6.92 Å². The molecule has 8 nitrogen and oxygen atoms in total. The number of hydrazine groups is 1. The molecule has 1 heterocycles. The molecule has 0 spiro atoms. The lowest BCUT2D eigenvalue weighted by Gasteiger charge is -2.25. The Morgan fingerprint density at radius 2 is 1.94 bits per heavy atom. The monoisotopic (exact) mass is 508 g/mol. The lowest BCUT2D eigenvalue weighted by molar-refractivity contribution is 0.102. The van der Waals surface area contributed by atoms with E-state index in [0.717, 1.165) is 21.6 Å². The molecule has 3 aromatic rings. The second kappa shape index (κ2) is 11.1. The maximum atomic E-state index is 13.4. The van der Waals surface area contributed by atoms with Gasteiger partial charge in [0, 0.05) is 30.1 Å². The molecule has 192 valence electrons. The zero-order chi connectivity index (χ0) is 26.6. The third-order valence-electron chi connectivity index (χ3n) is 5.72. The van der Waals surface area contributed by atoms with Gasteiger partial charge in [0.05, 0.1) is 34.6 Å². The van der Waals surface area contributed by atoms with Crippen molar-refractivity contribution in [2.24, 2.45) is 11.6 Å². The Labute approximate surface area is 217 Å². The van der Waals surface area contributed by atoms with Gasteiger partial charge in [-0.05, 0) is 55.8 Å². The van der Waals surface area contributed by atoms with Gasteiger partial charge in [-0.1, -0.05) is 32.9 Å². The molecule has 0 unspecified atom stereocenters. The van der Waals surface area contributed by atoms with Crippen molar-refractivity contribution in [3.63, 3.8) is 0 Å². The molecule has 1 amide bonds. The lowest BCUT2D eigenvalue weighted by atomic mass is 9.85. The molecule has 0 aliphatic rings. The number of hydrogen-bond donors (Lipinski definition) is 3. The van der Waals surface area contributed by atoms with Crippen LogP contribution in [0.3, 0.4) is 0 Å². The average Bonchev–Trinajstić information content (AvgIpc) is 3.33. The molecule has 0 radical (unpaired) electrons. The second-order valence-electron chi connectivity index (χ2n) is 10.0. The van der Waals surface area contributed by atoms with Gasteiger partial charge >= 0.3 is 0 Å². The first-order valence-corrected chi connectivity index (χ1v) is 12.5. The summed E-state index contributed by atoms with van der Waals surface area (Å²) in [6, 6.07) is 9.52. The first-order valence-electron chi connectivity index (χ1n) is 11.6. The van der Waals surface area contributed by atoms with Crippen LogP contribution < -0.4 is 26.6 Å². The molecular formula is C27H36N6O2S. The van der Waals surface area contributed by atoms with Gasteiger partial charge in [-0.25, -0.2) is 5.84 Å². The fraction of sp³-hybridized carbons (Fsp3) is 0.333. The Hall–Kier alpha value is -3.40. The number of carbonyl (C=O) groups is 1. The van der Waals surface area contributed by atoms with Crippen molar-refractivity contribution in [3.8, 4) is 5.75 Å². The number of aryl methyl sites for hydroxylation is 1. The summed E-state index contributed by atoms with van der Waals surface area (Å²) in [5.41, 5.74) is 13.1. The van der Waals surface area contributed by atoms with Crippen molar-refractivity contribution < 1.29 is 9.53 Å². The maximum absolute atomic E-state index is 13.4. The minimum absolute atomic E-state index is 0.103. The number of rotatable bonds is 8. The van der Waals surface area contributed by atoms with Crippen LogP contribution in [0.15, 0.2) is 48.2 Å². The highest BCUT2D eigenvalue weighted by Gasteiger charge is 2.22. The smallest absolute Gasteiger partial charge is 0.255 e. The summed E-state index contributed by atoms with van der Waals surface area (Å²) < 4.78 is 5.75. The molecule has 2 aromatic carbocycles. The minimum Gasteiger partial charge on any atom is -0.494 e. The number of nitrogens with zero attached hydrogens (tertiary/aromatic N) is 3. The Kier molecular flexibility index (Phi) is 8.39. The van der Waals surface area contributed by atoms with E-state index in [0.29, 0.717) is 34.9 Å². The van der Waals surface area contributed by atoms with Crippen molar-refractivity contribution in [3.05, 3.63) is 75.4 Å². The molecule has 0 aliphatic heterocycles. The van der Waals surface area contributed by atoms with E-state index < -0.39 is 0 Å². The fourth-order valence-electron chi connectivity index (χ4n) is 3.78. The third kappa shape index (κ3) is 6.42. The minimum atomic E-state index is -0.260. The van der Waals surface area contributed by atoms with Crippen LogP contribution in [0.5, 0.6) is 5.75 Å². The molecule has 0 fully saturated rings. The maximum Gasteiger partial charge on any atom is 0.255 e. The number of hydrogen-bond acceptors (Lipinski definition) is 8. The van der Waals surface area contributed by atoms with E-state index in [1.54, 1.807) is 37.1 Å². The van der Waals surface area contributed by atoms with Crippen LogP contribution in [0.4, 0.5) is 11.4 Å². The lowest BCUT2D eigenvalue weighted by Crippen LogP contribution is -2.27. The summed E-state index contributed by atoms with van der Waals surface area (Å²) in [7, 11) is 5.63. The first kappa shape index (κ1) is 27.2. The second-order valence-corrected chi connectivity index (χ2v) is 10.9. The van der Waals surface area contributed by atoms with Gasteiger partial charge in [0.15, 0.2) is 0 Å². The SMILES string of the molecule is COc1c(CN(C)C)cc(C(C)(C)C)cc1NC(=O)c1ccc(C)c(N(N)/C=C(\N)c2cncs2)c1. The van der Waals surface area contributed by atoms with Gasteiger partial charge in [0.2, 0.25) is 0 Å². The number of nitrogens with two attached hydrogens (primary N) is 2. The van der Waals surface area contributed by atoms with E-state index in [1.165, 1.54) is 16.3 Å². The summed E-state index contributed by atoms with van der Waals surface area (Å²) >= 11 is 1.43. The van der Waals surface area contributed by atoms with Gasteiger partial charge in [0.25, 0.3) is 5.91 Å². The average molecular weight is 509 g/mol. The molecule has 36 heavy (non-hydrogen) atoms. The number of thiazole rings is 1. The summed E-state index contributed by atoms with van der Waals surface area (Å²) in [6.45, 7) is 9.05. The number of carbonyl (C=O) groups excluding carboxylic acids is 1. The first-order chi connectivity index (χ1) is 16.9.